The molecule has 0 unspecified atom stereocenters. The Morgan fingerprint density at radius 3 is 2.09 bits per heavy atom. The van der Waals surface area contributed by atoms with Crippen molar-refractivity contribution in [1.82, 2.24) is 0 Å². The lowest BCUT2D eigenvalue weighted by molar-refractivity contribution is 0.159. The molecule has 0 aromatic heterocycles. The molecule has 0 amide bonds. The van der Waals surface area contributed by atoms with Crippen LogP contribution < -0.4 is 0 Å². The first-order valence-corrected chi connectivity index (χ1v) is 8.27. The number of fused-ring (bicyclic) bond motifs is 1. The molecule has 0 saturated heterocycles. The molecule has 2 heteroatoms. The molecule has 0 aromatic rings. The molecular weight excluding hydrogens is 152 g/mol. The van der Waals surface area contributed by atoms with E-state index < -0.39 is 8.07 Å². The molecule has 2 aliphatic rings. The SMILES string of the molecule is C[Si](C)(C)[C@@H]1[C@H]2CC[C@H](O)[C@H]21. The second kappa shape index (κ2) is 2.11. The zero-order valence-corrected chi connectivity index (χ0v) is 8.67. The normalized spacial score (nSPS) is 49.1. The fourth-order valence-electron chi connectivity index (χ4n) is 3.07. The van der Waals surface area contributed by atoms with E-state index >= 15 is 0 Å². The van der Waals surface area contributed by atoms with E-state index in [9.17, 15) is 5.11 Å². The Morgan fingerprint density at radius 2 is 1.82 bits per heavy atom. The smallest absolute Gasteiger partial charge is 0.0571 e. The highest BCUT2D eigenvalue weighted by molar-refractivity contribution is 6.78. The largest absolute Gasteiger partial charge is 0.393 e. The maximum atomic E-state index is 9.60. The molecule has 11 heavy (non-hydrogen) atoms. The first-order chi connectivity index (χ1) is 5.02. The minimum Gasteiger partial charge on any atom is -0.393 e. The number of rotatable bonds is 1. The molecule has 0 heterocycles. The van der Waals surface area contributed by atoms with Crippen molar-refractivity contribution in [1.29, 1.82) is 0 Å². The predicted molar refractivity (Wildman–Crippen MR) is 49.3 cm³/mol. The van der Waals surface area contributed by atoms with Crippen LogP contribution in [-0.4, -0.2) is 19.3 Å². The van der Waals surface area contributed by atoms with Gasteiger partial charge < -0.3 is 5.11 Å². The van der Waals surface area contributed by atoms with Crippen molar-refractivity contribution in [2.24, 2.45) is 11.8 Å². The topological polar surface area (TPSA) is 20.2 Å². The third-order valence-corrected chi connectivity index (χ3v) is 6.28. The van der Waals surface area contributed by atoms with Crippen LogP contribution >= 0.6 is 0 Å². The Hall–Kier alpha value is 0.177. The third-order valence-electron chi connectivity index (χ3n) is 3.47. The Kier molecular flexibility index (Phi) is 1.49. The van der Waals surface area contributed by atoms with Crippen molar-refractivity contribution >= 4 is 8.07 Å². The van der Waals surface area contributed by atoms with Gasteiger partial charge in [0.2, 0.25) is 0 Å². The van der Waals surface area contributed by atoms with Gasteiger partial charge in [0, 0.05) is 8.07 Å². The molecule has 0 radical (unpaired) electrons. The van der Waals surface area contributed by atoms with Gasteiger partial charge in [0.25, 0.3) is 0 Å². The second-order valence-corrected chi connectivity index (χ2v) is 10.7. The molecule has 64 valence electrons. The summed E-state index contributed by atoms with van der Waals surface area (Å²) in [6, 6.07) is 0. The van der Waals surface area contributed by atoms with Gasteiger partial charge in [-0.05, 0) is 30.2 Å². The maximum Gasteiger partial charge on any atom is 0.0571 e. The van der Waals surface area contributed by atoms with Crippen molar-refractivity contribution in [2.75, 3.05) is 0 Å². The van der Waals surface area contributed by atoms with Crippen LogP contribution in [0.4, 0.5) is 0 Å². The van der Waals surface area contributed by atoms with Crippen LogP contribution in [0.5, 0.6) is 0 Å². The second-order valence-electron chi connectivity index (χ2n) is 5.28. The predicted octanol–water partition coefficient (Wildman–Crippen LogP) is 2.10. The Labute approximate surface area is 69.8 Å². The van der Waals surface area contributed by atoms with Crippen LogP contribution in [0.2, 0.25) is 25.2 Å². The summed E-state index contributed by atoms with van der Waals surface area (Å²) in [5.74, 6) is 1.65. The van der Waals surface area contributed by atoms with Crippen LogP contribution in [0, 0.1) is 11.8 Å². The molecule has 0 bridgehead atoms. The monoisotopic (exact) mass is 170 g/mol. The van der Waals surface area contributed by atoms with Crippen LogP contribution in [0.3, 0.4) is 0 Å². The molecule has 1 nitrogen and oxygen atoms in total. The number of aliphatic hydroxyl groups excluding tert-OH is 1. The van der Waals surface area contributed by atoms with Gasteiger partial charge in [-0.2, -0.15) is 0 Å². The Balaban J connectivity index is 2.04. The fraction of sp³-hybridized carbons (Fsp3) is 1.00. The van der Waals surface area contributed by atoms with Gasteiger partial charge >= 0.3 is 0 Å². The molecule has 2 aliphatic carbocycles. The van der Waals surface area contributed by atoms with E-state index in [1.54, 1.807) is 0 Å². The van der Waals surface area contributed by atoms with E-state index in [1.807, 2.05) is 0 Å². The molecule has 1 N–H and O–H groups in total. The summed E-state index contributed by atoms with van der Waals surface area (Å²) >= 11 is 0. The number of hydrogen-bond acceptors (Lipinski definition) is 1. The molecule has 2 saturated carbocycles. The zero-order valence-electron chi connectivity index (χ0n) is 7.67. The lowest BCUT2D eigenvalue weighted by Gasteiger charge is -2.19. The standard InChI is InChI=1S/C9H18OSi/c1-11(2,3)9-6-4-5-7(10)8(6)9/h6-10H,4-5H2,1-3H3/t6-,7-,8-,9+/m0/s1. The summed E-state index contributed by atoms with van der Waals surface area (Å²) in [6.45, 7) is 7.30. The molecule has 2 fully saturated rings. The Morgan fingerprint density at radius 1 is 1.18 bits per heavy atom. The maximum absolute atomic E-state index is 9.60. The van der Waals surface area contributed by atoms with Crippen molar-refractivity contribution in [3.05, 3.63) is 0 Å². The van der Waals surface area contributed by atoms with Crippen LogP contribution in [0.25, 0.3) is 0 Å². The van der Waals surface area contributed by atoms with Gasteiger partial charge in [0.1, 0.15) is 0 Å². The summed E-state index contributed by atoms with van der Waals surface area (Å²) in [6.07, 6.45) is 2.45. The highest BCUT2D eigenvalue weighted by Gasteiger charge is 2.61. The van der Waals surface area contributed by atoms with Gasteiger partial charge in [0.15, 0.2) is 0 Å². The van der Waals surface area contributed by atoms with E-state index in [1.165, 1.54) is 6.42 Å². The molecular formula is C9H18OSi. The average molecular weight is 170 g/mol. The summed E-state index contributed by atoms with van der Waals surface area (Å²) in [5.41, 5.74) is 0.950. The van der Waals surface area contributed by atoms with E-state index in [0.29, 0.717) is 0 Å². The molecule has 4 atom stereocenters. The molecule has 0 spiro atoms. The fourth-order valence-corrected chi connectivity index (χ4v) is 6.26. The summed E-state index contributed by atoms with van der Waals surface area (Å²) in [5, 5.41) is 9.60. The van der Waals surface area contributed by atoms with E-state index in [2.05, 4.69) is 19.6 Å². The zero-order chi connectivity index (χ0) is 8.22. The molecule has 2 rings (SSSR count). The third kappa shape index (κ3) is 1.07. The van der Waals surface area contributed by atoms with Crippen molar-refractivity contribution in [3.8, 4) is 0 Å². The molecule has 0 aliphatic heterocycles. The van der Waals surface area contributed by atoms with Crippen molar-refractivity contribution in [3.63, 3.8) is 0 Å². The van der Waals surface area contributed by atoms with Crippen LogP contribution in [-0.2, 0) is 0 Å². The highest BCUT2D eigenvalue weighted by atomic mass is 28.3. The lowest BCUT2D eigenvalue weighted by Crippen LogP contribution is -2.24. The van der Waals surface area contributed by atoms with E-state index in [-0.39, 0.29) is 6.10 Å². The number of hydrogen-bond donors (Lipinski definition) is 1. The minimum atomic E-state index is -0.921. The van der Waals surface area contributed by atoms with Crippen LogP contribution in [0.1, 0.15) is 12.8 Å². The summed E-state index contributed by atoms with van der Waals surface area (Å²) in [7, 11) is -0.921. The van der Waals surface area contributed by atoms with Crippen molar-refractivity contribution < 1.29 is 5.11 Å². The van der Waals surface area contributed by atoms with Gasteiger partial charge in [-0.3, -0.25) is 0 Å². The summed E-state index contributed by atoms with van der Waals surface area (Å²) < 4.78 is 0. The summed E-state index contributed by atoms with van der Waals surface area (Å²) in [4.78, 5) is 0. The number of aliphatic hydroxyl groups is 1. The van der Waals surface area contributed by atoms with Gasteiger partial charge in [-0.1, -0.05) is 19.6 Å². The Bertz CT molecular complexity index is 173. The van der Waals surface area contributed by atoms with Gasteiger partial charge in [-0.25, -0.2) is 0 Å². The van der Waals surface area contributed by atoms with Crippen LogP contribution in [0.15, 0.2) is 0 Å². The van der Waals surface area contributed by atoms with E-state index in [0.717, 1.165) is 23.8 Å². The first kappa shape index (κ1) is 7.81. The molecule has 0 aromatic carbocycles. The highest BCUT2D eigenvalue weighted by Crippen LogP contribution is 2.65. The lowest BCUT2D eigenvalue weighted by atomic mass is 10.2. The van der Waals surface area contributed by atoms with Gasteiger partial charge in [0.05, 0.1) is 6.10 Å². The van der Waals surface area contributed by atoms with E-state index in [4.69, 9.17) is 0 Å². The van der Waals surface area contributed by atoms with Crippen molar-refractivity contribution in [2.45, 2.75) is 44.1 Å². The average Bonchev–Trinajstić information content (AvgIpc) is 2.47. The quantitative estimate of drug-likeness (QED) is 0.598. The minimum absolute atomic E-state index is 0.0664. The first-order valence-electron chi connectivity index (χ1n) is 4.70. The van der Waals surface area contributed by atoms with Gasteiger partial charge in [-0.15, -0.1) is 0 Å².